The third kappa shape index (κ3) is 2.34. The number of hydrogen-bond donors (Lipinski definition) is 1. The fourth-order valence-corrected chi connectivity index (χ4v) is 3.11. The van der Waals surface area contributed by atoms with Crippen LogP contribution in [-0.4, -0.2) is 33.0 Å². The molecule has 0 spiro atoms. The van der Waals surface area contributed by atoms with Gasteiger partial charge in [0.2, 0.25) is 0 Å². The first kappa shape index (κ1) is 11.0. The molecule has 0 aliphatic heterocycles. The summed E-state index contributed by atoms with van der Waals surface area (Å²) < 4.78 is 2.05. The van der Waals surface area contributed by atoms with Crippen LogP contribution in [0.3, 0.4) is 0 Å². The number of thioether (sulfide) groups is 1. The Hall–Kier alpha value is -0.550. The fourth-order valence-electron chi connectivity index (χ4n) is 1.90. The van der Waals surface area contributed by atoms with Crippen LogP contribution in [-0.2, 0) is 6.54 Å². The second-order valence-electron chi connectivity index (χ2n) is 3.86. The summed E-state index contributed by atoms with van der Waals surface area (Å²) in [5.74, 6) is 1.19. The molecule has 0 bridgehead atoms. The van der Waals surface area contributed by atoms with Crippen molar-refractivity contribution in [2.75, 3.05) is 12.8 Å². The van der Waals surface area contributed by atoms with Gasteiger partial charge in [0.25, 0.3) is 0 Å². The van der Waals surface area contributed by atoms with Crippen molar-refractivity contribution in [3.63, 3.8) is 0 Å². The number of rotatable bonds is 5. The summed E-state index contributed by atoms with van der Waals surface area (Å²) in [5, 5.41) is 12.2. The third-order valence-corrected chi connectivity index (χ3v) is 4.12. The molecular formula is C10H18N4S. The van der Waals surface area contributed by atoms with E-state index in [1.807, 2.05) is 23.5 Å². The molecule has 15 heavy (non-hydrogen) atoms. The van der Waals surface area contributed by atoms with E-state index >= 15 is 0 Å². The van der Waals surface area contributed by atoms with Gasteiger partial charge in [0.15, 0.2) is 0 Å². The van der Waals surface area contributed by atoms with Crippen LogP contribution in [0.15, 0.2) is 6.20 Å². The fraction of sp³-hybridized carbons (Fsp3) is 0.800. The van der Waals surface area contributed by atoms with Crippen molar-refractivity contribution in [1.29, 1.82) is 0 Å². The lowest BCUT2D eigenvalue weighted by Gasteiger charge is -2.35. The van der Waals surface area contributed by atoms with Gasteiger partial charge in [0.05, 0.1) is 17.9 Å². The lowest BCUT2D eigenvalue weighted by molar-refractivity contribution is 0.297. The van der Waals surface area contributed by atoms with E-state index in [0.717, 1.165) is 17.5 Å². The van der Waals surface area contributed by atoms with Gasteiger partial charge < -0.3 is 5.32 Å². The Morgan fingerprint density at radius 3 is 3.07 bits per heavy atom. The predicted molar refractivity (Wildman–Crippen MR) is 63.0 cm³/mol. The van der Waals surface area contributed by atoms with Crippen LogP contribution in [0.1, 0.15) is 31.5 Å². The van der Waals surface area contributed by atoms with E-state index < -0.39 is 0 Å². The molecule has 0 saturated heterocycles. The first-order chi connectivity index (χ1) is 7.35. The van der Waals surface area contributed by atoms with Crippen molar-refractivity contribution in [2.24, 2.45) is 0 Å². The van der Waals surface area contributed by atoms with E-state index in [1.54, 1.807) is 0 Å². The highest BCUT2D eigenvalue weighted by atomic mass is 32.2. The summed E-state index contributed by atoms with van der Waals surface area (Å²) >= 11 is 2.04. The van der Waals surface area contributed by atoms with Crippen molar-refractivity contribution < 1.29 is 0 Å². The molecule has 0 amide bonds. The number of nitrogens with zero attached hydrogens (tertiary/aromatic N) is 3. The molecule has 1 fully saturated rings. The second-order valence-corrected chi connectivity index (χ2v) is 5.37. The highest BCUT2D eigenvalue weighted by Gasteiger charge is 2.32. The Labute approximate surface area is 94.8 Å². The molecule has 0 radical (unpaired) electrons. The zero-order valence-electron chi connectivity index (χ0n) is 9.31. The molecule has 2 atom stereocenters. The highest BCUT2D eigenvalue weighted by Crippen LogP contribution is 2.40. The van der Waals surface area contributed by atoms with E-state index in [-0.39, 0.29) is 0 Å². The van der Waals surface area contributed by atoms with Gasteiger partial charge in [-0.15, -0.1) is 5.10 Å². The van der Waals surface area contributed by atoms with Crippen LogP contribution in [0.4, 0.5) is 0 Å². The highest BCUT2D eigenvalue weighted by molar-refractivity contribution is 7.99. The molecule has 0 aromatic carbocycles. The quantitative estimate of drug-likeness (QED) is 0.825. The summed E-state index contributed by atoms with van der Waals surface area (Å²) in [6.07, 6.45) is 4.65. The monoisotopic (exact) mass is 226 g/mol. The van der Waals surface area contributed by atoms with Crippen molar-refractivity contribution in [1.82, 2.24) is 20.3 Å². The third-order valence-electron chi connectivity index (χ3n) is 2.81. The average molecular weight is 226 g/mol. The zero-order chi connectivity index (χ0) is 10.7. The van der Waals surface area contributed by atoms with Crippen molar-refractivity contribution in [3.05, 3.63) is 11.9 Å². The standard InChI is InChI=1S/C10H18N4S/c1-3-15-10-5-4-9(10)14-7-8(6-11-2)12-13-14/h7,9-11H,3-6H2,1-2H3. The molecule has 1 N–H and O–H groups in total. The Balaban J connectivity index is 1.97. The summed E-state index contributed by atoms with van der Waals surface area (Å²) in [6, 6.07) is 0.577. The lowest BCUT2D eigenvalue weighted by atomic mass is 9.92. The average Bonchev–Trinajstić information content (AvgIpc) is 2.61. The van der Waals surface area contributed by atoms with Crippen molar-refractivity contribution >= 4 is 11.8 Å². The van der Waals surface area contributed by atoms with Gasteiger partial charge in [-0.2, -0.15) is 11.8 Å². The molecule has 2 unspecified atom stereocenters. The second kappa shape index (κ2) is 4.99. The summed E-state index contributed by atoms with van der Waals surface area (Å²) in [5.41, 5.74) is 1.03. The van der Waals surface area contributed by atoms with Crippen LogP contribution < -0.4 is 5.32 Å². The minimum absolute atomic E-state index is 0.577. The maximum Gasteiger partial charge on any atom is 0.0964 e. The van der Waals surface area contributed by atoms with Crippen molar-refractivity contribution in [3.8, 4) is 0 Å². The number of nitrogens with one attached hydrogen (secondary N) is 1. The minimum Gasteiger partial charge on any atom is -0.314 e. The van der Waals surface area contributed by atoms with Crippen LogP contribution in [0.2, 0.25) is 0 Å². The Bertz CT molecular complexity index is 312. The Morgan fingerprint density at radius 1 is 1.60 bits per heavy atom. The van der Waals surface area contributed by atoms with E-state index in [2.05, 4.69) is 28.7 Å². The molecule has 1 aromatic rings. The van der Waals surface area contributed by atoms with Crippen LogP contribution >= 0.6 is 11.8 Å². The SMILES string of the molecule is CCSC1CCC1n1cc(CNC)nn1. The van der Waals surface area contributed by atoms with Gasteiger partial charge in [-0.05, 0) is 25.6 Å². The van der Waals surface area contributed by atoms with E-state index in [4.69, 9.17) is 0 Å². The number of aromatic nitrogens is 3. The molecular weight excluding hydrogens is 208 g/mol. The van der Waals surface area contributed by atoms with E-state index in [9.17, 15) is 0 Å². The Morgan fingerprint density at radius 2 is 2.47 bits per heavy atom. The molecule has 1 aromatic heterocycles. The van der Waals surface area contributed by atoms with Gasteiger partial charge in [-0.1, -0.05) is 12.1 Å². The maximum absolute atomic E-state index is 4.20. The van der Waals surface area contributed by atoms with E-state index in [1.165, 1.54) is 18.6 Å². The summed E-state index contributed by atoms with van der Waals surface area (Å²) in [6.45, 7) is 3.02. The van der Waals surface area contributed by atoms with Crippen LogP contribution in [0, 0.1) is 0 Å². The molecule has 1 heterocycles. The normalized spacial score (nSPS) is 25.2. The molecule has 84 valence electrons. The smallest absolute Gasteiger partial charge is 0.0964 e. The maximum atomic E-state index is 4.20. The minimum atomic E-state index is 0.577. The molecule has 1 aliphatic rings. The van der Waals surface area contributed by atoms with Crippen LogP contribution in [0.25, 0.3) is 0 Å². The van der Waals surface area contributed by atoms with Gasteiger partial charge in [-0.25, -0.2) is 4.68 Å². The lowest BCUT2D eigenvalue weighted by Crippen LogP contribution is -2.32. The predicted octanol–water partition coefficient (Wildman–Crippen LogP) is 1.45. The summed E-state index contributed by atoms with van der Waals surface area (Å²) in [7, 11) is 1.93. The van der Waals surface area contributed by atoms with Gasteiger partial charge in [-0.3, -0.25) is 0 Å². The molecule has 4 nitrogen and oxygen atoms in total. The topological polar surface area (TPSA) is 42.7 Å². The Kier molecular flexibility index (Phi) is 3.64. The summed E-state index contributed by atoms with van der Waals surface area (Å²) in [4.78, 5) is 0. The molecule has 1 aliphatic carbocycles. The molecule has 2 rings (SSSR count). The van der Waals surface area contributed by atoms with Gasteiger partial charge >= 0.3 is 0 Å². The van der Waals surface area contributed by atoms with Gasteiger partial charge in [0, 0.05) is 11.8 Å². The molecule has 1 saturated carbocycles. The first-order valence-corrected chi connectivity index (χ1v) is 6.57. The first-order valence-electron chi connectivity index (χ1n) is 5.52. The van der Waals surface area contributed by atoms with Gasteiger partial charge in [0.1, 0.15) is 0 Å². The molecule has 5 heteroatoms. The number of hydrogen-bond acceptors (Lipinski definition) is 4. The van der Waals surface area contributed by atoms with Crippen molar-refractivity contribution in [2.45, 2.75) is 37.6 Å². The largest absolute Gasteiger partial charge is 0.314 e. The van der Waals surface area contributed by atoms with Crippen LogP contribution in [0.5, 0.6) is 0 Å². The zero-order valence-corrected chi connectivity index (χ0v) is 10.1. The van der Waals surface area contributed by atoms with E-state index in [0.29, 0.717) is 6.04 Å².